The van der Waals surface area contributed by atoms with Gasteiger partial charge in [-0.15, -0.1) is 11.3 Å². The number of aryl methyl sites for hydroxylation is 1. The Balaban J connectivity index is 2.28. The molecule has 0 fully saturated rings. The zero-order valence-electron chi connectivity index (χ0n) is 17.8. The molecule has 1 unspecified atom stereocenters. The number of hydrogen-bond donors (Lipinski definition) is 2. The van der Waals surface area contributed by atoms with Crippen LogP contribution in [-0.4, -0.2) is 65.0 Å². The molecule has 2 heterocycles. The first-order valence-corrected chi connectivity index (χ1v) is 10.8. The van der Waals surface area contributed by atoms with Crippen molar-refractivity contribution in [3.63, 3.8) is 0 Å². The molecule has 2 rings (SSSR count). The number of nitrogens with zero attached hydrogens (tertiary/aromatic N) is 2. The number of esters is 1. The van der Waals surface area contributed by atoms with Gasteiger partial charge < -0.3 is 19.6 Å². The highest BCUT2D eigenvalue weighted by atomic mass is 32.1. The largest absolute Gasteiger partial charge is 0.462 e. The molecule has 2 N–H and O–H groups in total. The fraction of sp³-hybridized carbons (Fsp3) is 0.650. The van der Waals surface area contributed by atoms with Crippen LogP contribution in [0, 0.1) is 12.8 Å². The molecular weight excluding hydrogens is 394 g/mol. The Morgan fingerprint density at radius 3 is 2.62 bits per heavy atom. The van der Waals surface area contributed by atoms with E-state index in [0.717, 1.165) is 6.54 Å². The van der Waals surface area contributed by atoms with Crippen LogP contribution in [0.4, 0.5) is 0 Å². The summed E-state index contributed by atoms with van der Waals surface area (Å²) < 4.78 is 10.4. The molecule has 0 radical (unpaired) electrons. The lowest BCUT2D eigenvalue weighted by molar-refractivity contribution is 0.0170. The average molecular weight is 426 g/mol. The zero-order chi connectivity index (χ0) is 21.6. The van der Waals surface area contributed by atoms with Gasteiger partial charge in [-0.1, -0.05) is 13.8 Å². The van der Waals surface area contributed by atoms with Gasteiger partial charge in [-0.05, 0) is 32.3 Å². The van der Waals surface area contributed by atoms with Gasteiger partial charge in [0.15, 0.2) is 0 Å². The highest BCUT2D eigenvalue weighted by Gasteiger charge is 2.21. The van der Waals surface area contributed by atoms with E-state index in [2.05, 4.69) is 23.8 Å². The minimum absolute atomic E-state index is 0.265. The smallest absolute Gasteiger partial charge is 0.348 e. The number of fused-ring (bicyclic) bond motifs is 1. The standard InChI is InChI=1S/C20H31N3O5S/c1-6-27-11-14(24)9-23(8-12(3)4)10-15-21-18(25)16-13(5)17(20(26)28-7-2)29-19(16)22-15/h12,14,24H,6-11H2,1-5H3,(H,21,22,25). The van der Waals surface area contributed by atoms with Crippen LogP contribution >= 0.6 is 11.3 Å². The molecule has 0 aliphatic rings. The lowest BCUT2D eigenvalue weighted by atomic mass is 10.2. The first-order valence-electron chi connectivity index (χ1n) is 9.94. The van der Waals surface area contributed by atoms with E-state index < -0.39 is 12.1 Å². The SMILES string of the molecule is CCOCC(O)CN(Cc1nc2sc(C(=O)OCC)c(C)c2c(=O)[nH]1)CC(C)C. The van der Waals surface area contributed by atoms with E-state index in [1.807, 2.05) is 11.8 Å². The van der Waals surface area contributed by atoms with Crippen LogP contribution in [0.25, 0.3) is 10.2 Å². The summed E-state index contributed by atoms with van der Waals surface area (Å²) in [5, 5.41) is 10.6. The lowest BCUT2D eigenvalue weighted by Gasteiger charge is -2.26. The molecule has 0 aliphatic carbocycles. The predicted octanol–water partition coefficient (Wildman–Crippen LogP) is 2.33. The molecule has 1 atom stereocenters. The third-order valence-corrected chi connectivity index (χ3v) is 5.46. The number of carbonyl (C=O) groups is 1. The number of hydrogen-bond acceptors (Lipinski definition) is 8. The highest BCUT2D eigenvalue weighted by Crippen LogP contribution is 2.27. The first kappa shape index (κ1) is 23.5. The summed E-state index contributed by atoms with van der Waals surface area (Å²) in [7, 11) is 0. The second kappa shape index (κ2) is 10.8. The number of thiophene rings is 1. The fourth-order valence-corrected chi connectivity index (χ4v) is 4.29. The van der Waals surface area contributed by atoms with Crippen molar-refractivity contribution in [2.75, 3.05) is 32.9 Å². The van der Waals surface area contributed by atoms with Gasteiger partial charge in [-0.2, -0.15) is 0 Å². The number of nitrogens with one attached hydrogen (secondary N) is 1. The molecule has 29 heavy (non-hydrogen) atoms. The van der Waals surface area contributed by atoms with Crippen LogP contribution in [-0.2, 0) is 16.0 Å². The monoisotopic (exact) mass is 425 g/mol. The second-order valence-electron chi connectivity index (χ2n) is 7.37. The molecule has 0 saturated heterocycles. The summed E-state index contributed by atoms with van der Waals surface area (Å²) in [5.74, 6) is 0.446. The van der Waals surface area contributed by atoms with Gasteiger partial charge in [0.2, 0.25) is 0 Å². The van der Waals surface area contributed by atoms with Crippen LogP contribution < -0.4 is 5.56 Å². The van der Waals surface area contributed by atoms with E-state index in [1.54, 1.807) is 13.8 Å². The summed E-state index contributed by atoms with van der Waals surface area (Å²) in [6, 6.07) is 0. The highest BCUT2D eigenvalue weighted by molar-refractivity contribution is 7.20. The number of H-pyrrole nitrogens is 1. The van der Waals surface area contributed by atoms with Crippen molar-refractivity contribution in [2.45, 2.75) is 47.3 Å². The third-order valence-electron chi connectivity index (χ3n) is 4.29. The number of aromatic nitrogens is 2. The Morgan fingerprint density at radius 2 is 2.00 bits per heavy atom. The van der Waals surface area contributed by atoms with E-state index in [0.29, 0.717) is 52.1 Å². The third kappa shape index (κ3) is 6.33. The molecule has 0 aromatic carbocycles. The van der Waals surface area contributed by atoms with Crippen LogP contribution in [0.15, 0.2) is 4.79 Å². The Bertz CT molecular complexity index is 877. The zero-order valence-corrected chi connectivity index (χ0v) is 18.6. The Labute approximate surface area is 174 Å². The van der Waals surface area contributed by atoms with E-state index in [4.69, 9.17) is 9.47 Å². The quantitative estimate of drug-likeness (QED) is 0.532. The maximum absolute atomic E-state index is 12.7. The first-order chi connectivity index (χ1) is 13.8. The molecule has 0 amide bonds. The Kier molecular flexibility index (Phi) is 8.76. The maximum atomic E-state index is 12.7. The molecule has 0 bridgehead atoms. The van der Waals surface area contributed by atoms with Crippen LogP contribution in [0.2, 0.25) is 0 Å². The van der Waals surface area contributed by atoms with Crippen molar-refractivity contribution < 1.29 is 19.4 Å². The van der Waals surface area contributed by atoms with Gasteiger partial charge in [-0.3, -0.25) is 9.69 Å². The number of aliphatic hydroxyl groups excluding tert-OH is 1. The molecule has 2 aromatic heterocycles. The Hall–Kier alpha value is -1.81. The number of aliphatic hydroxyl groups is 1. The molecule has 0 saturated carbocycles. The molecular formula is C20H31N3O5S. The van der Waals surface area contributed by atoms with Crippen LogP contribution in [0.5, 0.6) is 0 Å². The van der Waals surface area contributed by atoms with E-state index >= 15 is 0 Å². The summed E-state index contributed by atoms with van der Waals surface area (Å²) in [6.07, 6.45) is -0.622. The predicted molar refractivity (Wildman–Crippen MR) is 114 cm³/mol. The van der Waals surface area contributed by atoms with E-state index in [-0.39, 0.29) is 18.8 Å². The summed E-state index contributed by atoms with van der Waals surface area (Å²) >= 11 is 1.17. The van der Waals surface area contributed by atoms with E-state index in [1.165, 1.54) is 11.3 Å². The topological polar surface area (TPSA) is 105 Å². The van der Waals surface area contributed by atoms with Crippen LogP contribution in [0.3, 0.4) is 0 Å². The van der Waals surface area contributed by atoms with Gasteiger partial charge in [0, 0.05) is 19.7 Å². The number of carbonyl (C=O) groups excluding carboxylic acids is 1. The maximum Gasteiger partial charge on any atom is 0.348 e. The fourth-order valence-electron chi connectivity index (χ4n) is 3.19. The number of aromatic amines is 1. The van der Waals surface area contributed by atoms with Gasteiger partial charge >= 0.3 is 5.97 Å². The summed E-state index contributed by atoms with van der Waals surface area (Å²) in [4.78, 5) is 35.2. The van der Waals surface area contributed by atoms with Gasteiger partial charge in [0.05, 0.1) is 31.2 Å². The summed E-state index contributed by atoms with van der Waals surface area (Å²) in [5.41, 5.74) is 0.323. The summed E-state index contributed by atoms with van der Waals surface area (Å²) in [6.45, 7) is 12.2. The molecule has 9 heteroatoms. The second-order valence-corrected chi connectivity index (χ2v) is 8.37. The van der Waals surface area contributed by atoms with Gasteiger partial charge in [-0.25, -0.2) is 9.78 Å². The van der Waals surface area contributed by atoms with Crippen molar-refractivity contribution >= 4 is 27.5 Å². The van der Waals surface area contributed by atoms with Gasteiger partial charge in [0.25, 0.3) is 5.56 Å². The minimum atomic E-state index is -0.622. The molecule has 0 aliphatic heterocycles. The van der Waals surface area contributed by atoms with Crippen molar-refractivity contribution in [2.24, 2.45) is 5.92 Å². The van der Waals surface area contributed by atoms with Crippen molar-refractivity contribution in [1.29, 1.82) is 0 Å². The van der Waals surface area contributed by atoms with E-state index in [9.17, 15) is 14.7 Å². The van der Waals surface area contributed by atoms with Gasteiger partial charge in [0.1, 0.15) is 15.5 Å². The lowest BCUT2D eigenvalue weighted by Crippen LogP contribution is -2.37. The molecule has 162 valence electrons. The van der Waals surface area contributed by atoms with Crippen molar-refractivity contribution in [1.82, 2.24) is 14.9 Å². The molecule has 8 nitrogen and oxygen atoms in total. The number of ether oxygens (including phenoxy) is 2. The molecule has 2 aromatic rings. The number of rotatable bonds is 11. The minimum Gasteiger partial charge on any atom is -0.462 e. The van der Waals surface area contributed by atoms with Crippen molar-refractivity contribution in [3.8, 4) is 0 Å². The molecule has 0 spiro atoms. The average Bonchev–Trinajstić information content (AvgIpc) is 2.96. The normalized spacial score (nSPS) is 12.8. The Morgan fingerprint density at radius 1 is 1.28 bits per heavy atom. The van der Waals surface area contributed by atoms with Crippen molar-refractivity contribution in [3.05, 3.63) is 26.6 Å². The van der Waals surface area contributed by atoms with Crippen LogP contribution in [0.1, 0.15) is 48.8 Å².